The van der Waals surface area contributed by atoms with E-state index in [-0.39, 0.29) is 43.8 Å². The molecule has 27 heavy (non-hydrogen) atoms. The summed E-state index contributed by atoms with van der Waals surface area (Å²) >= 11 is 5.88. The first kappa shape index (κ1) is 18.9. The van der Waals surface area contributed by atoms with Crippen LogP contribution in [0.15, 0.2) is 46.2 Å². The summed E-state index contributed by atoms with van der Waals surface area (Å²) in [4.78, 5) is 11.7. The average Bonchev–Trinajstić information content (AvgIpc) is 2.61. The van der Waals surface area contributed by atoms with E-state index in [0.717, 1.165) is 5.56 Å². The molecule has 0 fully saturated rings. The highest BCUT2D eigenvalue weighted by Gasteiger charge is 2.26. The maximum absolute atomic E-state index is 13.1. The van der Waals surface area contributed by atoms with Crippen LogP contribution in [0.3, 0.4) is 0 Å². The van der Waals surface area contributed by atoms with Gasteiger partial charge in [0.2, 0.25) is 15.1 Å². The quantitative estimate of drug-likeness (QED) is 0.632. The van der Waals surface area contributed by atoms with Crippen LogP contribution in [0, 0.1) is 6.92 Å². The average molecular weight is 406 g/mol. The normalized spacial score (nSPS) is 11.4. The van der Waals surface area contributed by atoms with Crippen LogP contribution < -0.4 is 16.2 Å². The number of halogens is 1. The van der Waals surface area contributed by atoms with E-state index in [1.54, 1.807) is 12.1 Å². The summed E-state index contributed by atoms with van der Waals surface area (Å²) in [5.41, 5.74) is 13.2. The van der Waals surface area contributed by atoms with E-state index in [1.807, 2.05) is 6.92 Å². The van der Waals surface area contributed by atoms with E-state index in [9.17, 15) is 8.42 Å². The zero-order valence-corrected chi connectivity index (χ0v) is 16.0. The van der Waals surface area contributed by atoms with E-state index in [0.29, 0.717) is 0 Å². The molecule has 1 aromatic heterocycles. The van der Waals surface area contributed by atoms with E-state index >= 15 is 0 Å². The van der Waals surface area contributed by atoms with Gasteiger partial charge in [0.1, 0.15) is 4.90 Å². The number of methoxy groups -OCH3 is 1. The number of nitrogens with two attached hydrogens (primary N) is 2. The summed E-state index contributed by atoms with van der Waals surface area (Å²) in [5, 5.41) is -0.115. The second-order valence-corrected chi connectivity index (χ2v) is 7.90. The lowest BCUT2D eigenvalue weighted by atomic mass is 10.1. The fraction of sp³-hybridized carbons (Fsp3) is 0.118. The summed E-state index contributed by atoms with van der Waals surface area (Å²) in [5.74, 6) is 0.0738. The molecule has 0 aliphatic rings. The maximum atomic E-state index is 13.1. The van der Waals surface area contributed by atoms with Gasteiger partial charge in [0.25, 0.3) is 0 Å². The number of aromatic nitrogens is 3. The predicted molar refractivity (Wildman–Crippen MR) is 102 cm³/mol. The lowest BCUT2D eigenvalue weighted by molar-refractivity contribution is 0.379. The van der Waals surface area contributed by atoms with Gasteiger partial charge in [-0.3, -0.25) is 0 Å². The molecule has 4 N–H and O–H groups in total. The Kier molecular flexibility index (Phi) is 4.90. The lowest BCUT2D eigenvalue weighted by Crippen LogP contribution is -2.11. The second kappa shape index (κ2) is 7.01. The number of hydrogen-bond acceptors (Lipinski definition) is 8. The maximum Gasteiger partial charge on any atom is 0.321 e. The van der Waals surface area contributed by atoms with Crippen LogP contribution in [-0.2, 0) is 9.84 Å². The van der Waals surface area contributed by atoms with Crippen LogP contribution in [0.2, 0.25) is 5.28 Å². The molecule has 3 aromatic rings. The molecular formula is C17H16ClN5O3S. The number of anilines is 2. The highest BCUT2D eigenvalue weighted by molar-refractivity contribution is 7.91. The van der Waals surface area contributed by atoms with Crippen molar-refractivity contribution in [2.24, 2.45) is 0 Å². The zero-order valence-electron chi connectivity index (χ0n) is 14.5. The lowest BCUT2D eigenvalue weighted by Gasteiger charge is -2.14. The summed E-state index contributed by atoms with van der Waals surface area (Å²) in [6.45, 7) is 1.86. The number of hydrogen-bond donors (Lipinski definition) is 2. The molecule has 2 aromatic carbocycles. The number of sulfone groups is 1. The van der Waals surface area contributed by atoms with Gasteiger partial charge in [-0.25, -0.2) is 8.42 Å². The van der Waals surface area contributed by atoms with E-state index in [1.165, 1.54) is 31.4 Å². The van der Waals surface area contributed by atoms with Crippen molar-refractivity contribution in [3.8, 4) is 17.4 Å². The molecule has 3 rings (SSSR count). The van der Waals surface area contributed by atoms with Crippen molar-refractivity contribution in [3.63, 3.8) is 0 Å². The number of nitrogens with zero attached hydrogens (tertiary/aromatic N) is 3. The highest BCUT2D eigenvalue weighted by Crippen LogP contribution is 2.37. The van der Waals surface area contributed by atoms with E-state index < -0.39 is 9.84 Å². The molecule has 0 atom stereocenters. The Labute approximate surface area is 161 Å². The minimum Gasteiger partial charge on any atom is -0.467 e. The highest BCUT2D eigenvalue weighted by atomic mass is 35.5. The molecule has 140 valence electrons. The fourth-order valence-corrected chi connectivity index (χ4v) is 4.15. The third-order valence-electron chi connectivity index (χ3n) is 3.84. The first-order chi connectivity index (χ1) is 12.7. The molecule has 0 bridgehead atoms. The van der Waals surface area contributed by atoms with Gasteiger partial charge in [-0.15, -0.1) is 0 Å². The smallest absolute Gasteiger partial charge is 0.321 e. The molecule has 0 spiro atoms. The van der Waals surface area contributed by atoms with Gasteiger partial charge in [0.05, 0.1) is 23.4 Å². The third kappa shape index (κ3) is 3.51. The van der Waals surface area contributed by atoms with Gasteiger partial charge < -0.3 is 16.2 Å². The van der Waals surface area contributed by atoms with Crippen LogP contribution in [0.5, 0.6) is 6.01 Å². The summed E-state index contributed by atoms with van der Waals surface area (Å²) < 4.78 is 31.2. The SMILES string of the molecule is COc1nc(Cl)nc(-c2ccc(N)c(S(=O)(=O)c3ccc(C)cc3)c2N)n1. The molecule has 0 saturated carbocycles. The Morgan fingerprint density at radius 2 is 1.67 bits per heavy atom. The van der Waals surface area contributed by atoms with Crippen molar-refractivity contribution >= 4 is 32.8 Å². The minimum absolute atomic E-state index is 0.0175. The van der Waals surface area contributed by atoms with Crippen LogP contribution in [0.1, 0.15) is 5.56 Å². The molecule has 1 heterocycles. The predicted octanol–water partition coefficient (Wildman–Crippen LogP) is 2.51. The molecule has 0 amide bonds. The first-order valence-electron chi connectivity index (χ1n) is 7.69. The third-order valence-corrected chi connectivity index (χ3v) is 5.89. The molecule has 8 nitrogen and oxygen atoms in total. The minimum atomic E-state index is -3.96. The summed E-state index contributed by atoms with van der Waals surface area (Å²) in [6, 6.07) is 9.31. The van der Waals surface area contributed by atoms with Crippen molar-refractivity contribution in [2.45, 2.75) is 16.7 Å². The second-order valence-electron chi connectivity index (χ2n) is 5.68. The summed E-state index contributed by atoms with van der Waals surface area (Å²) in [7, 11) is -2.59. The number of benzene rings is 2. The van der Waals surface area contributed by atoms with Gasteiger partial charge in [0.15, 0.2) is 5.82 Å². The van der Waals surface area contributed by atoms with Crippen LogP contribution >= 0.6 is 11.6 Å². The van der Waals surface area contributed by atoms with Gasteiger partial charge in [-0.05, 0) is 42.8 Å². The number of aryl methyl sites for hydroxylation is 1. The number of nitrogen functional groups attached to an aromatic ring is 2. The Morgan fingerprint density at radius 3 is 2.30 bits per heavy atom. The standard InChI is InChI=1S/C17H16ClN5O3S/c1-9-3-5-10(6-4-9)27(24,25)14-12(19)8-7-11(13(14)20)15-21-16(18)23-17(22-15)26-2/h3-8H,19-20H2,1-2H3. The van der Waals surface area contributed by atoms with Crippen molar-refractivity contribution in [1.82, 2.24) is 15.0 Å². The fourth-order valence-electron chi connectivity index (χ4n) is 2.49. The Balaban J connectivity index is 2.23. The number of rotatable bonds is 4. The molecule has 0 unspecified atom stereocenters. The van der Waals surface area contributed by atoms with E-state index in [2.05, 4.69) is 15.0 Å². The van der Waals surface area contributed by atoms with Crippen LogP contribution in [0.25, 0.3) is 11.4 Å². The first-order valence-corrected chi connectivity index (χ1v) is 9.56. The zero-order chi connectivity index (χ0) is 19.8. The Morgan fingerprint density at radius 1 is 1.00 bits per heavy atom. The number of ether oxygens (including phenoxy) is 1. The van der Waals surface area contributed by atoms with Gasteiger partial charge in [0, 0.05) is 5.56 Å². The van der Waals surface area contributed by atoms with Crippen molar-refractivity contribution in [1.29, 1.82) is 0 Å². The van der Waals surface area contributed by atoms with E-state index in [4.69, 9.17) is 27.8 Å². The van der Waals surface area contributed by atoms with Crippen molar-refractivity contribution in [2.75, 3.05) is 18.6 Å². The van der Waals surface area contributed by atoms with Gasteiger partial charge in [-0.2, -0.15) is 15.0 Å². The Hall–Kier alpha value is -2.91. The monoisotopic (exact) mass is 405 g/mol. The molecule has 0 saturated heterocycles. The van der Waals surface area contributed by atoms with Crippen molar-refractivity contribution < 1.29 is 13.2 Å². The molecule has 0 radical (unpaired) electrons. The van der Waals surface area contributed by atoms with Gasteiger partial charge >= 0.3 is 6.01 Å². The van der Waals surface area contributed by atoms with Gasteiger partial charge in [-0.1, -0.05) is 17.7 Å². The molecule has 10 heteroatoms. The van der Waals surface area contributed by atoms with Crippen LogP contribution in [-0.4, -0.2) is 30.5 Å². The molecule has 0 aliphatic heterocycles. The topological polar surface area (TPSA) is 134 Å². The Bertz CT molecular complexity index is 1120. The molecule has 0 aliphatic carbocycles. The summed E-state index contributed by atoms with van der Waals surface area (Å²) in [6.07, 6.45) is 0. The largest absolute Gasteiger partial charge is 0.467 e. The van der Waals surface area contributed by atoms with Crippen LogP contribution in [0.4, 0.5) is 11.4 Å². The molecular weight excluding hydrogens is 390 g/mol. The van der Waals surface area contributed by atoms with Crippen molar-refractivity contribution in [3.05, 3.63) is 47.2 Å².